The van der Waals surface area contributed by atoms with Crippen LogP contribution in [0.2, 0.25) is 0 Å². The molecule has 0 saturated carbocycles. The molecule has 4 heteroatoms. The highest BCUT2D eigenvalue weighted by atomic mass is 16.5. The third kappa shape index (κ3) is 5.31. The minimum Gasteiger partial charge on any atom is -0.494 e. The van der Waals surface area contributed by atoms with Crippen molar-refractivity contribution in [2.45, 2.75) is 26.8 Å². The van der Waals surface area contributed by atoms with E-state index in [1.807, 2.05) is 25.1 Å². The minimum absolute atomic E-state index is 0.0799. The van der Waals surface area contributed by atoms with Crippen molar-refractivity contribution in [2.24, 2.45) is 0 Å². The molecule has 0 spiro atoms. The molecule has 4 nitrogen and oxygen atoms in total. The third-order valence-electron chi connectivity index (χ3n) is 3.10. The molecule has 0 fully saturated rings. The molecule has 20 heavy (non-hydrogen) atoms. The summed E-state index contributed by atoms with van der Waals surface area (Å²) in [6, 6.07) is 5.64. The fourth-order valence-electron chi connectivity index (χ4n) is 2.07. The van der Waals surface area contributed by atoms with Crippen LogP contribution in [-0.4, -0.2) is 44.6 Å². The summed E-state index contributed by atoms with van der Waals surface area (Å²) < 4.78 is 10.7. The van der Waals surface area contributed by atoms with Gasteiger partial charge in [0.1, 0.15) is 5.75 Å². The van der Waals surface area contributed by atoms with E-state index in [1.165, 1.54) is 0 Å². The number of rotatable bonds is 9. The highest BCUT2D eigenvalue weighted by Crippen LogP contribution is 2.22. The van der Waals surface area contributed by atoms with Gasteiger partial charge in [0.25, 0.3) is 0 Å². The fourth-order valence-corrected chi connectivity index (χ4v) is 2.07. The lowest BCUT2D eigenvalue weighted by molar-refractivity contribution is 0.101. The molecule has 0 aliphatic rings. The predicted molar refractivity (Wildman–Crippen MR) is 80.4 cm³/mol. The van der Waals surface area contributed by atoms with Gasteiger partial charge in [-0.2, -0.15) is 0 Å². The van der Waals surface area contributed by atoms with Crippen LogP contribution >= 0.6 is 0 Å². The van der Waals surface area contributed by atoms with E-state index in [2.05, 4.69) is 11.9 Å². The molecule has 0 N–H and O–H groups in total. The highest BCUT2D eigenvalue weighted by Gasteiger charge is 2.10. The molecule has 112 valence electrons. The number of carbonyl (C=O) groups is 1. The smallest absolute Gasteiger partial charge is 0.159 e. The Balaban J connectivity index is 2.78. The number of ketones is 1. The Labute approximate surface area is 121 Å². The number of Topliss-reactive ketones (excluding diaryl/α,β-unsaturated/α-hetero) is 1. The number of nitrogens with zero attached hydrogens (tertiary/aromatic N) is 1. The fraction of sp³-hybridized carbons (Fsp3) is 0.562. The summed E-state index contributed by atoms with van der Waals surface area (Å²) in [6.07, 6.45) is 0.989. The third-order valence-corrected chi connectivity index (χ3v) is 3.10. The van der Waals surface area contributed by atoms with Crippen molar-refractivity contribution in [1.82, 2.24) is 4.90 Å². The molecule has 0 atom stereocenters. The van der Waals surface area contributed by atoms with Crippen LogP contribution in [0.25, 0.3) is 0 Å². The summed E-state index contributed by atoms with van der Waals surface area (Å²) in [7, 11) is 3.77. The Morgan fingerprint density at radius 2 is 2.10 bits per heavy atom. The zero-order chi connectivity index (χ0) is 15.0. The largest absolute Gasteiger partial charge is 0.494 e. The van der Waals surface area contributed by atoms with Crippen LogP contribution < -0.4 is 4.74 Å². The van der Waals surface area contributed by atoms with Gasteiger partial charge in [0, 0.05) is 37.9 Å². The normalized spacial score (nSPS) is 10.8. The second kappa shape index (κ2) is 8.72. The van der Waals surface area contributed by atoms with Gasteiger partial charge in [0.05, 0.1) is 6.61 Å². The lowest BCUT2D eigenvalue weighted by Crippen LogP contribution is -2.21. The van der Waals surface area contributed by atoms with E-state index in [-0.39, 0.29) is 5.78 Å². The van der Waals surface area contributed by atoms with Crippen LogP contribution in [0.3, 0.4) is 0 Å². The van der Waals surface area contributed by atoms with Gasteiger partial charge in [-0.25, -0.2) is 0 Å². The quantitative estimate of drug-likeness (QED) is 0.514. The summed E-state index contributed by atoms with van der Waals surface area (Å²) in [4.78, 5) is 13.7. The van der Waals surface area contributed by atoms with Crippen LogP contribution in [0.5, 0.6) is 5.75 Å². The second-order valence-electron chi connectivity index (χ2n) is 4.90. The van der Waals surface area contributed by atoms with Crippen molar-refractivity contribution in [3.63, 3.8) is 0 Å². The Morgan fingerprint density at radius 1 is 1.35 bits per heavy atom. The van der Waals surface area contributed by atoms with Gasteiger partial charge in [-0.05, 0) is 45.5 Å². The molecular formula is C16H25NO3. The number of ether oxygens (including phenoxy) is 2. The Hall–Kier alpha value is -1.39. The van der Waals surface area contributed by atoms with Crippen molar-refractivity contribution in [3.05, 3.63) is 29.3 Å². The van der Waals surface area contributed by atoms with Gasteiger partial charge < -0.3 is 14.4 Å². The van der Waals surface area contributed by atoms with E-state index in [0.29, 0.717) is 6.61 Å². The van der Waals surface area contributed by atoms with Gasteiger partial charge in [-0.3, -0.25) is 4.79 Å². The van der Waals surface area contributed by atoms with Gasteiger partial charge in [0.15, 0.2) is 5.78 Å². The van der Waals surface area contributed by atoms with Crippen molar-refractivity contribution in [1.29, 1.82) is 0 Å². The second-order valence-corrected chi connectivity index (χ2v) is 4.90. The predicted octanol–water partition coefficient (Wildman–Crippen LogP) is 2.76. The molecular weight excluding hydrogens is 254 g/mol. The number of carbonyl (C=O) groups excluding carboxylic acids is 1. The standard InChI is InChI=1S/C16H25NO3/c1-5-20-16-8-7-14(13(2)18)11-15(16)12-17(3)9-6-10-19-4/h7-8,11H,5-6,9-10,12H2,1-4H3. The molecule has 1 rings (SSSR count). The number of hydrogen-bond donors (Lipinski definition) is 0. The topological polar surface area (TPSA) is 38.8 Å². The van der Waals surface area contributed by atoms with Crippen molar-refractivity contribution >= 4 is 5.78 Å². The van der Waals surface area contributed by atoms with E-state index in [0.717, 1.165) is 43.0 Å². The van der Waals surface area contributed by atoms with Gasteiger partial charge in [0.2, 0.25) is 0 Å². The summed E-state index contributed by atoms with van der Waals surface area (Å²) in [5.74, 6) is 0.937. The van der Waals surface area contributed by atoms with E-state index in [1.54, 1.807) is 14.0 Å². The molecule has 0 aliphatic carbocycles. The Bertz CT molecular complexity index is 432. The Kier molecular flexibility index (Phi) is 7.26. The summed E-state index contributed by atoms with van der Waals surface area (Å²) in [5.41, 5.74) is 1.79. The maximum Gasteiger partial charge on any atom is 0.159 e. The number of hydrogen-bond acceptors (Lipinski definition) is 4. The zero-order valence-electron chi connectivity index (χ0n) is 12.9. The minimum atomic E-state index is 0.0799. The van der Waals surface area contributed by atoms with Crippen molar-refractivity contribution in [3.8, 4) is 5.75 Å². The number of benzene rings is 1. The van der Waals surface area contributed by atoms with Crippen molar-refractivity contribution in [2.75, 3.05) is 33.9 Å². The molecule has 1 aromatic rings. The summed E-state index contributed by atoms with van der Waals surface area (Å²) >= 11 is 0. The van der Waals surface area contributed by atoms with Crippen LogP contribution in [0.15, 0.2) is 18.2 Å². The molecule has 0 radical (unpaired) electrons. The first-order chi connectivity index (χ1) is 9.58. The van der Waals surface area contributed by atoms with E-state index in [4.69, 9.17) is 9.47 Å². The molecule has 0 aliphatic heterocycles. The van der Waals surface area contributed by atoms with Crippen molar-refractivity contribution < 1.29 is 14.3 Å². The van der Waals surface area contributed by atoms with Gasteiger partial charge in [-0.15, -0.1) is 0 Å². The van der Waals surface area contributed by atoms with Gasteiger partial charge in [-0.1, -0.05) is 0 Å². The first kappa shape index (κ1) is 16.7. The maximum absolute atomic E-state index is 11.5. The maximum atomic E-state index is 11.5. The van der Waals surface area contributed by atoms with E-state index >= 15 is 0 Å². The van der Waals surface area contributed by atoms with Crippen LogP contribution in [0.1, 0.15) is 36.2 Å². The lowest BCUT2D eigenvalue weighted by Gasteiger charge is -2.19. The first-order valence-corrected chi connectivity index (χ1v) is 7.02. The summed E-state index contributed by atoms with van der Waals surface area (Å²) in [5, 5.41) is 0. The summed E-state index contributed by atoms with van der Waals surface area (Å²) in [6.45, 7) is 6.65. The molecule has 0 unspecified atom stereocenters. The molecule has 1 aromatic carbocycles. The lowest BCUT2D eigenvalue weighted by atomic mass is 10.1. The average molecular weight is 279 g/mol. The SMILES string of the molecule is CCOc1ccc(C(C)=O)cc1CN(C)CCCOC. The zero-order valence-corrected chi connectivity index (χ0v) is 12.9. The average Bonchev–Trinajstić information content (AvgIpc) is 2.41. The van der Waals surface area contributed by atoms with E-state index in [9.17, 15) is 4.79 Å². The van der Waals surface area contributed by atoms with Crippen LogP contribution in [0, 0.1) is 0 Å². The first-order valence-electron chi connectivity index (χ1n) is 7.02. The van der Waals surface area contributed by atoms with Gasteiger partial charge >= 0.3 is 0 Å². The molecule has 0 aromatic heterocycles. The Morgan fingerprint density at radius 3 is 2.70 bits per heavy atom. The monoisotopic (exact) mass is 279 g/mol. The molecule has 0 amide bonds. The van der Waals surface area contributed by atoms with Crippen LogP contribution in [0.4, 0.5) is 0 Å². The number of methoxy groups -OCH3 is 1. The molecule has 0 bridgehead atoms. The highest BCUT2D eigenvalue weighted by molar-refractivity contribution is 5.94. The molecule has 0 heterocycles. The van der Waals surface area contributed by atoms with Crippen LogP contribution in [-0.2, 0) is 11.3 Å². The van der Waals surface area contributed by atoms with E-state index < -0.39 is 0 Å². The molecule has 0 saturated heterocycles.